The summed E-state index contributed by atoms with van der Waals surface area (Å²) in [5.41, 5.74) is 9.46. The molecule has 2 aliphatic heterocycles. The van der Waals surface area contributed by atoms with Gasteiger partial charge in [-0.25, -0.2) is 0 Å². The first-order valence-electron chi connectivity index (χ1n) is 16.3. The molecule has 5 heterocycles. The molecule has 0 spiro atoms. The third-order valence-corrected chi connectivity index (χ3v) is 9.87. The van der Waals surface area contributed by atoms with E-state index in [9.17, 15) is 14.4 Å². The number of hydrogen-bond donors (Lipinski definition) is 0. The minimum Gasteiger partial charge on any atom is -0.664 e. The Bertz CT molecular complexity index is 2020. The average Bonchev–Trinajstić information content (AvgIpc) is 3.79. The molecule has 1 aliphatic carbocycles. The molecule has 6 rings (SSSR count). The molecule has 3 aromatic heterocycles. The van der Waals surface area contributed by atoms with E-state index in [4.69, 9.17) is 29.7 Å². The summed E-state index contributed by atoms with van der Waals surface area (Å²) in [4.78, 5) is 55.2. The number of methoxy groups -OCH3 is 1. The summed E-state index contributed by atoms with van der Waals surface area (Å²) in [6.07, 6.45) is 9.79. The normalized spacial score (nSPS) is 23.2. The van der Waals surface area contributed by atoms with Crippen LogP contribution in [-0.2, 0) is 25.5 Å². The summed E-state index contributed by atoms with van der Waals surface area (Å²) < 4.78 is 10.6. The maximum absolute atomic E-state index is 14.1. The Morgan fingerprint density at radius 1 is 0.958 bits per heavy atom. The van der Waals surface area contributed by atoms with Gasteiger partial charge in [-0.15, -0.1) is 33.5 Å². The standard InChI is InChI=1S/C38H41N4O5.Mg/c1-9-14-47-31(43)13-12-24-20(6)27-15-25-18(4)22(10-2)29(39-25)16-26-19(5)23(11-3)30(40-26)17-28-21(7)32-36(42-28)33(35(24)41-27)34(37(32)44)38(45)46-8;/h10,15-17,20,24,34H,2,9,11-14H2,1,3-8H3,(H-,41,42,44);/q-3;+2/p-1/b26-16-,27-15-,30-17-;/t20-,24-,34+;/m0./s1. The Balaban J connectivity index is 0.00000451. The third-order valence-electron chi connectivity index (χ3n) is 9.87. The topological polar surface area (TPSA) is 126 Å². The van der Waals surface area contributed by atoms with Crippen molar-refractivity contribution in [2.24, 2.45) is 17.8 Å². The molecule has 8 bridgehead atoms. The first kappa shape index (κ1) is 35.3. The van der Waals surface area contributed by atoms with Crippen molar-refractivity contribution in [1.29, 1.82) is 0 Å². The molecular formula is C38H40MgN4O5-2. The van der Waals surface area contributed by atoms with Crippen molar-refractivity contribution >= 4 is 70.7 Å². The number of allylic oxidation sites excluding steroid dienone is 2. The Kier molecular flexibility index (Phi) is 10.2. The zero-order valence-electron chi connectivity index (χ0n) is 28.8. The first-order valence-corrected chi connectivity index (χ1v) is 16.3. The minimum atomic E-state index is -1.20. The molecule has 1 saturated heterocycles. The van der Waals surface area contributed by atoms with Crippen molar-refractivity contribution in [2.75, 3.05) is 13.7 Å². The zero-order valence-corrected chi connectivity index (χ0v) is 30.2. The van der Waals surface area contributed by atoms with Crippen molar-refractivity contribution in [3.05, 3.63) is 90.1 Å². The van der Waals surface area contributed by atoms with Gasteiger partial charge in [0.05, 0.1) is 13.7 Å². The Morgan fingerprint density at radius 2 is 1.67 bits per heavy atom. The van der Waals surface area contributed by atoms with Crippen LogP contribution in [0.15, 0.2) is 18.0 Å². The molecule has 3 aromatic rings. The van der Waals surface area contributed by atoms with Crippen LogP contribution in [0.5, 0.6) is 0 Å². The Morgan fingerprint density at radius 3 is 2.33 bits per heavy atom. The molecule has 0 aromatic carbocycles. The molecule has 3 aliphatic rings. The number of fused-ring (bicyclic) bond motifs is 7. The maximum atomic E-state index is 14.1. The van der Waals surface area contributed by atoms with Crippen LogP contribution in [0.4, 0.5) is 0 Å². The number of carbonyl (C=O) groups is 3. The number of carbonyl (C=O) groups excluding carboxylic acids is 3. The molecule has 0 unspecified atom stereocenters. The van der Waals surface area contributed by atoms with Crippen LogP contribution in [-0.4, -0.2) is 54.5 Å². The molecule has 0 amide bonds. The van der Waals surface area contributed by atoms with Gasteiger partial charge in [-0.1, -0.05) is 79.5 Å². The van der Waals surface area contributed by atoms with Crippen LogP contribution < -0.4 is 25.7 Å². The average molecular weight is 657 g/mol. The number of nitrogens with zero attached hydrogens (tertiary/aromatic N) is 4. The van der Waals surface area contributed by atoms with Gasteiger partial charge < -0.3 is 29.7 Å². The third kappa shape index (κ3) is 5.72. The van der Waals surface area contributed by atoms with Crippen molar-refractivity contribution in [3.8, 4) is 0 Å². The summed E-state index contributed by atoms with van der Waals surface area (Å²) in [6, 6.07) is 0. The van der Waals surface area contributed by atoms with Gasteiger partial charge in [0, 0.05) is 12.0 Å². The Hall–Kier alpha value is -4.02. The van der Waals surface area contributed by atoms with E-state index in [1.165, 1.54) is 7.11 Å². The molecular weight excluding hydrogens is 617 g/mol. The van der Waals surface area contributed by atoms with E-state index in [1.54, 1.807) is 0 Å². The summed E-state index contributed by atoms with van der Waals surface area (Å²) in [5, 5.41) is 6.74. The SMILES string of the molecule is C=Cc1c2[n-]c(c1C)/C=C1\[N-]/C(=C3\c4[n-]c(c(C)c4C(=O)[C@@H]3C(=O)OC)/C=c3\[n-]/c(c(C)c3CC)=C\2)[C@@H](CCC(=O)OCCC)[C@@H]1C.[Mg+2]. The van der Waals surface area contributed by atoms with Crippen LogP contribution >= 0.6 is 0 Å². The molecule has 3 atom stereocenters. The zero-order chi connectivity index (χ0) is 33.7. The molecule has 0 saturated carbocycles. The Labute approximate surface area is 297 Å². The largest absolute Gasteiger partial charge is 2.00 e. The monoisotopic (exact) mass is 656 g/mol. The minimum absolute atomic E-state index is 0. The molecule has 0 N–H and O–H groups in total. The van der Waals surface area contributed by atoms with E-state index in [-0.39, 0.29) is 53.1 Å². The van der Waals surface area contributed by atoms with Crippen molar-refractivity contribution < 1.29 is 23.9 Å². The summed E-state index contributed by atoms with van der Waals surface area (Å²) in [5.74, 6) is -2.95. The van der Waals surface area contributed by atoms with Crippen molar-refractivity contribution in [3.63, 3.8) is 0 Å². The van der Waals surface area contributed by atoms with E-state index in [2.05, 4.69) is 27.4 Å². The van der Waals surface area contributed by atoms with Gasteiger partial charge in [0.25, 0.3) is 0 Å². The van der Waals surface area contributed by atoms with Gasteiger partial charge >= 0.3 is 35.0 Å². The number of ether oxygens (including phenoxy) is 2. The smallest absolute Gasteiger partial charge is 0.664 e. The number of rotatable bonds is 8. The number of aromatic nitrogens is 3. The van der Waals surface area contributed by atoms with Crippen LogP contribution in [0.2, 0.25) is 0 Å². The molecule has 9 nitrogen and oxygen atoms in total. The van der Waals surface area contributed by atoms with E-state index < -0.39 is 11.9 Å². The van der Waals surface area contributed by atoms with Gasteiger partial charge in [-0.3, -0.25) is 14.4 Å². The van der Waals surface area contributed by atoms with E-state index in [0.29, 0.717) is 46.8 Å². The fraction of sp³-hybridized carbons (Fsp3) is 0.395. The fourth-order valence-corrected chi connectivity index (χ4v) is 7.21. The number of Topliss-reactive ketones (excluding diaryl/α,β-unsaturated/α-hetero) is 1. The van der Waals surface area contributed by atoms with Gasteiger partial charge in [-0.05, 0) is 57.4 Å². The summed E-state index contributed by atoms with van der Waals surface area (Å²) >= 11 is 0. The molecule has 0 radical (unpaired) electrons. The molecule has 48 heavy (non-hydrogen) atoms. The van der Waals surface area contributed by atoms with Gasteiger partial charge in [0.15, 0.2) is 5.78 Å². The van der Waals surface area contributed by atoms with Crippen LogP contribution in [0.1, 0.15) is 101 Å². The predicted octanol–water partition coefficient (Wildman–Crippen LogP) is 4.39. The van der Waals surface area contributed by atoms with Crippen molar-refractivity contribution in [1.82, 2.24) is 15.0 Å². The second-order valence-electron chi connectivity index (χ2n) is 12.6. The van der Waals surface area contributed by atoms with Gasteiger partial charge in [0.2, 0.25) is 0 Å². The number of esters is 2. The van der Waals surface area contributed by atoms with Gasteiger partial charge in [0.1, 0.15) is 5.92 Å². The van der Waals surface area contributed by atoms with Gasteiger partial charge in [-0.2, -0.15) is 11.4 Å². The van der Waals surface area contributed by atoms with E-state index in [0.717, 1.165) is 62.9 Å². The second kappa shape index (κ2) is 13.8. The molecule has 10 heteroatoms. The molecule has 246 valence electrons. The summed E-state index contributed by atoms with van der Waals surface area (Å²) in [7, 11) is 1.28. The van der Waals surface area contributed by atoms with Crippen LogP contribution in [0, 0.1) is 38.5 Å². The van der Waals surface area contributed by atoms with E-state index >= 15 is 0 Å². The number of ketones is 1. The van der Waals surface area contributed by atoms with Crippen LogP contribution in [0.25, 0.3) is 35.2 Å². The van der Waals surface area contributed by atoms with Crippen molar-refractivity contribution in [2.45, 2.75) is 67.2 Å². The fourth-order valence-electron chi connectivity index (χ4n) is 7.21. The maximum Gasteiger partial charge on any atom is 2.00 e. The predicted molar refractivity (Wildman–Crippen MR) is 186 cm³/mol. The summed E-state index contributed by atoms with van der Waals surface area (Å²) in [6.45, 7) is 16.4. The molecule has 1 fully saturated rings. The first-order chi connectivity index (χ1) is 22.5. The van der Waals surface area contributed by atoms with Crippen LogP contribution in [0.3, 0.4) is 0 Å². The quantitative estimate of drug-likeness (QED) is 0.199. The second-order valence-corrected chi connectivity index (χ2v) is 12.6. The van der Waals surface area contributed by atoms with E-state index in [1.807, 2.05) is 45.1 Å². The number of hydrogen-bond acceptors (Lipinski definition) is 5.